The highest BCUT2D eigenvalue weighted by atomic mass is 32.2. The molecule has 0 fully saturated rings. The molecule has 30 heavy (non-hydrogen) atoms. The van der Waals surface area contributed by atoms with Crippen molar-refractivity contribution in [2.45, 2.75) is 18.4 Å². The van der Waals surface area contributed by atoms with Gasteiger partial charge in [-0.3, -0.25) is 4.72 Å². The van der Waals surface area contributed by atoms with Crippen LogP contribution in [-0.4, -0.2) is 32.1 Å². The van der Waals surface area contributed by atoms with Gasteiger partial charge < -0.3 is 9.47 Å². The molecule has 0 saturated carbocycles. The maximum absolute atomic E-state index is 13.0. The minimum absolute atomic E-state index is 0.223. The molecule has 0 bridgehead atoms. The molecule has 0 spiro atoms. The van der Waals surface area contributed by atoms with Crippen molar-refractivity contribution in [2.24, 2.45) is 0 Å². The molecule has 0 atom stereocenters. The van der Waals surface area contributed by atoms with Crippen molar-refractivity contribution in [3.05, 3.63) is 73.1 Å². The average Bonchev–Trinajstić information content (AvgIpc) is 3.14. The van der Waals surface area contributed by atoms with Crippen LogP contribution in [0.2, 0.25) is 0 Å². The number of nitrogens with one attached hydrogen (secondary N) is 1. The largest absolute Gasteiger partial charge is 0.378 e. The number of hydrogen-bond acceptors (Lipinski definition) is 4. The molecule has 0 unspecified atom stereocenters. The summed E-state index contributed by atoms with van der Waals surface area (Å²) < 4.78 is 30.7. The minimum Gasteiger partial charge on any atom is -0.378 e. The molecule has 1 N–H and O–H groups in total. The summed E-state index contributed by atoms with van der Waals surface area (Å²) in [7, 11) is 0.273. The third-order valence-corrected chi connectivity index (χ3v) is 6.45. The zero-order chi connectivity index (χ0) is 21.3. The third-order valence-electron chi connectivity index (χ3n) is 5.07. The van der Waals surface area contributed by atoms with E-state index >= 15 is 0 Å². The summed E-state index contributed by atoms with van der Waals surface area (Å²) in [6.07, 6.45) is 3.67. The Hall–Kier alpha value is -3.32. The van der Waals surface area contributed by atoms with Gasteiger partial charge in [0.05, 0.1) is 16.0 Å². The van der Waals surface area contributed by atoms with E-state index in [2.05, 4.69) is 15.8 Å². The Morgan fingerprint density at radius 3 is 2.50 bits per heavy atom. The maximum Gasteiger partial charge on any atom is 0.261 e. The maximum atomic E-state index is 13.0. The lowest BCUT2D eigenvalue weighted by Crippen LogP contribution is -2.13. The van der Waals surface area contributed by atoms with Crippen LogP contribution < -0.4 is 9.62 Å². The lowest BCUT2D eigenvalue weighted by Gasteiger charge is -2.14. The molecule has 0 amide bonds. The SMILES string of the molecule is CCn1cc(-c2cccc(N(C)C)c2)c2c(NS(=O)(=O)c3ccccc3)ccnc21. The quantitative estimate of drug-likeness (QED) is 0.495. The number of benzene rings is 2. The van der Waals surface area contributed by atoms with Crippen LogP contribution >= 0.6 is 0 Å². The Balaban J connectivity index is 1.90. The van der Waals surface area contributed by atoms with Gasteiger partial charge in [0.25, 0.3) is 10.0 Å². The van der Waals surface area contributed by atoms with Crippen molar-refractivity contribution < 1.29 is 8.42 Å². The van der Waals surface area contributed by atoms with Gasteiger partial charge in [0.2, 0.25) is 0 Å². The number of sulfonamides is 1. The summed E-state index contributed by atoms with van der Waals surface area (Å²) in [5.74, 6) is 0. The number of rotatable bonds is 6. The summed E-state index contributed by atoms with van der Waals surface area (Å²) in [6, 6.07) is 18.3. The molecule has 4 rings (SSSR count). The van der Waals surface area contributed by atoms with E-state index in [-0.39, 0.29) is 4.90 Å². The molecule has 2 aromatic heterocycles. The van der Waals surface area contributed by atoms with Crippen LogP contribution in [-0.2, 0) is 16.6 Å². The van der Waals surface area contributed by atoms with E-state index in [1.807, 2.05) is 54.9 Å². The molecule has 0 aliphatic heterocycles. The van der Waals surface area contributed by atoms with E-state index in [1.54, 1.807) is 42.6 Å². The number of aromatic nitrogens is 2. The molecular weight excluding hydrogens is 396 g/mol. The number of fused-ring (bicyclic) bond motifs is 1. The van der Waals surface area contributed by atoms with Crippen LogP contribution in [0.4, 0.5) is 11.4 Å². The predicted molar refractivity (Wildman–Crippen MR) is 122 cm³/mol. The van der Waals surface area contributed by atoms with E-state index in [9.17, 15) is 8.42 Å². The van der Waals surface area contributed by atoms with Crippen LogP contribution in [0.5, 0.6) is 0 Å². The van der Waals surface area contributed by atoms with Crippen molar-refractivity contribution in [1.29, 1.82) is 0 Å². The van der Waals surface area contributed by atoms with Crippen LogP contribution in [0.1, 0.15) is 6.92 Å². The van der Waals surface area contributed by atoms with Crippen LogP contribution in [0, 0.1) is 0 Å². The summed E-state index contributed by atoms with van der Waals surface area (Å²) in [5.41, 5.74) is 4.28. The van der Waals surface area contributed by atoms with Crippen molar-refractivity contribution in [3.8, 4) is 11.1 Å². The second kappa shape index (κ2) is 7.84. The summed E-state index contributed by atoms with van der Waals surface area (Å²) >= 11 is 0. The van der Waals surface area contributed by atoms with Crippen LogP contribution in [0.3, 0.4) is 0 Å². The van der Waals surface area contributed by atoms with Crippen LogP contribution in [0.25, 0.3) is 22.2 Å². The second-order valence-corrected chi connectivity index (χ2v) is 8.93. The zero-order valence-corrected chi connectivity index (χ0v) is 18.0. The molecule has 0 radical (unpaired) electrons. The first-order valence-corrected chi connectivity index (χ1v) is 11.2. The van der Waals surface area contributed by atoms with E-state index in [4.69, 9.17) is 0 Å². The number of nitrogens with zero attached hydrogens (tertiary/aromatic N) is 3. The Kier molecular flexibility index (Phi) is 5.22. The third kappa shape index (κ3) is 3.64. The molecule has 154 valence electrons. The molecular formula is C23H24N4O2S. The van der Waals surface area contributed by atoms with Gasteiger partial charge in [-0.05, 0) is 42.8 Å². The van der Waals surface area contributed by atoms with E-state index in [1.165, 1.54) is 0 Å². The Labute approximate surface area is 176 Å². The number of anilines is 2. The first-order chi connectivity index (χ1) is 14.4. The zero-order valence-electron chi connectivity index (χ0n) is 17.2. The van der Waals surface area contributed by atoms with Gasteiger partial charge in [-0.15, -0.1) is 0 Å². The van der Waals surface area contributed by atoms with Gasteiger partial charge in [-0.25, -0.2) is 13.4 Å². The smallest absolute Gasteiger partial charge is 0.261 e. The average molecular weight is 421 g/mol. The van der Waals surface area contributed by atoms with E-state index in [0.717, 1.165) is 34.4 Å². The van der Waals surface area contributed by atoms with Gasteiger partial charge >= 0.3 is 0 Å². The molecule has 0 aliphatic carbocycles. The molecule has 7 heteroatoms. The highest BCUT2D eigenvalue weighted by molar-refractivity contribution is 7.92. The van der Waals surface area contributed by atoms with Gasteiger partial charge in [0, 0.05) is 44.3 Å². The van der Waals surface area contributed by atoms with Gasteiger partial charge in [-0.2, -0.15) is 0 Å². The van der Waals surface area contributed by atoms with Gasteiger partial charge in [0.15, 0.2) is 0 Å². The predicted octanol–water partition coefficient (Wildman–Crippen LogP) is 4.59. The second-order valence-electron chi connectivity index (χ2n) is 7.25. The summed E-state index contributed by atoms with van der Waals surface area (Å²) in [6.45, 7) is 2.77. The fourth-order valence-electron chi connectivity index (χ4n) is 3.52. The standard InChI is InChI=1S/C23H24N4O2S/c1-4-27-16-20(17-9-8-10-18(15-17)26(2)3)22-21(13-14-24-23(22)27)25-30(28,29)19-11-6-5-7-12-19/h5-16H,4H2,1-3H3,(H,24,25). The van der Waals surface area contributed by atoms with E-state index < -0.39 is 10.0 Å². The summed E-state index contributed by atoms with van der Waals surface area (Å²) in [4.78, 5) is 6.80. The fraction of sp³-hybridized carbons (Fsp3) is 0.174. The van der Waals surface area contributed by atoms with Crippen LogP contribution in [0.15, 0.2) is 78.0 Å². The normalized spacial score (nSPS) is 11.6. The topological polar surface area (TPSA) is 67.2 Å². The minimum atomic E-state index is -3.72. The van der Waals surface area contributed by atoms with Crippen molar-refractivity contribution in [3.63, 3.8) is 0 Å². The molecule has 2 aromatic carbocycles. The Morgan fingerprint density at radius 1 is 1.03 bits per heavy atom. The fourth-order valence-corrected chi connectivity index (χ4v) is 4.61. The van der Waals surface area contributed by atoms with Gasteiger partial charge in [-0.1, -0.05) is 30.3 Å². The lowest BCUT2D eigenvalue weighted by atomic mass is 10.0. The summed E-state index contributed by atoms with van der Waals surface area (Å²) in [5, 5.41) is 0.787. The number of aryl methyl sites for hydroxylation is 1. The number of pyridine rings is 1. The van der Waals surface area contributed by atoms with Crippen molar-refractivity contribution >= 4 is 32.4 Å². The van der Waals surface area contributed by atoms with Crippen molar-refractivity contribution in [2.75, 3.05) is 23.7 Å². The highest BCUT2D eigenvalue weighted by Gasteiger charge is 2.20. The first kappa shape index (κ1) is 20.0. The van der Waals surface area contributed by atoms with E-state index in [0.29, 0.717) is 5.69 Å². The number of hydrogen-bond donors (Lipinski definition) is 1. The molecule has 4 aromatic rings. The first-order valence-electron chi connectivity index (χ1n) is 9.74. The van der Waals surface area contributed by atoms with Gasteiger partial charge in [0.1, 0.15) is 5.65 Å². The molecule has 6 nitrogen and oxygen atoms in total. The lowest BCUT2D eigenvalue weighted by molar-refractivity contribution is 0.601. The molecule has 0 aliphatic rings. The Bertz CT molecular complexity index is 1300. The highest BCUT2D eigenvalue weighted by Crippen LogP contribution is 2.36. The monoisotopic (exact) mass is 420 g/mol. The Morgan fingerprint density at radius 2 is 1.80 bits per heavy atom. The molecule has 0 saturated heterocycles. The molecule has 2 heterocycles. The van der Waals surface area contributed by atoms with Crippen molar-refractivity contribution in [1.82, 2.24) is 9.55 Å².